The Morgan fingerprint density at radius 1 is 0.667 bits per heavy atom. The van der Waals surface area contributed by atoms with E-state index in [4.69, 9.17) is 28.4 Å². The molecule has 4 aliphatic carbocycles. The Kier molecular flexibility index (Phi) is 15.4. The Bertz CT molecular complexity index is 1720. The van der Waals surface area contributed by atoms with Crippen molar-refractivity contribution in [3.8, 4) is 0 Å². The molecule has 11 N–H and O–H groups in total. The van der Waals surface area contributed by atoms with E-state index >= 15 is 4.79 Å². The topological polar surface area (TPSA) is 295 Å². The number of aliphatic hydroxyl groups excluding tert-OH is 11. The quantitative estimate of drug-likeness (QED) is 0.0867. The lowest BCUT2D eigenvalue weighted by atomic mass is 9.35. The molecule has 3 heterocycles. The minimum absolute atomic E-state index is 0.0335. The Hall–Kier alpha value is -1.27. The highest BCUT2D eigenvalue weighted by atomic mass is 16.7. The van der Waals surface area contributed by atoms with E-state index in [0.717, 1.165) is 31.3 Å². The van der Waals surface area contributed by atoms with Crippen molar-refractivity contribution in [3.05, 3.63) is 11.6 Å². The fourth-order valence-corrected chi connectivity index (χ4v) is 14.5. The molecule has 0 aromatic rings. The zero-order valence-corrected chi connectivity index (χ0v) is 39.9. The van der Waals surface area contributed by atoms with Crippen LogP contribution in [0, 0.1) is 45.3 Å². The highest BCUT2D eigenvalue weighted by Crippen LogP contribution is 2.75. The Labute approximate surface area is 388 Å². The standard InChI is InChI=1S/C48H80O18/c1-22(2)10-9-14-48(8,66-43-40(60)37(57)34(54)27(64-43)21-61-41-38(58)35(55)32(52)25(19-49)62-41)23-11-16-47(7)31(23)24(51)18-29-45(5)15-13-30(44(3,4)28(45)12-17-46(29,47)6)65-42-39(59)36(56)33(53)26(20-50)63-42/h10,23,25-43,49-50,52-60H,9,11-21H2,1-8H3/t23-,25+,26+,27+,28-,29+,30-,31-,32+,33+,34+,35-,36-,37-,38+,39+,40+,41+,42-,43-,45-,46+,47+,48-/m0/s1. The summed E-state index contributed by atoms with van der Waals surface area (Å²) in [6, 6.07) is 0. The molecule has 3 saturated heterocycles. The molecule has 380 valence electrons. The second kappa shape index (κ2) is 19.4. The lowest BCUT2D eigenvalue weighted by molar-refractivity contribution is -0.348. The van der Waals surface area contributed by atoms with Crippen LogP contribution >= 0.6 is 0 Å². The molecule has 24 atom stereocenters. The number of ketones is 1. The third kappa shape index (κ3) is 8.81. The van der Waals surface area contributed by atoms with Crippen molar-refractivity contribution >= 4 is 5.78 Å². The molecule has 7 aliphatic rings. The van der Waals surface area contributed by atoms with E-state index in [1.54, 1.807) is 0 Å². The van der Waals surface area contributed by atoms with E-state index in [0.29, 0.717) is 32.1 Å². The molecule has 7 rings (SSSR count). The van der Waals surface area contributed by atoms with E-state index in [2.05, 4.69) is 40.7 Å². The van der Waals surface area contributed by atoms with Crippen LogP contribution in [-0.2, 0) is 33.2 Å². The smallest absolute Gasteiger partial charge is 0.187 e. The predicted octanol–water partition coefficient (Wildman–Crippen LogP) is 0.181. The van der Waals surface area contributed by atoms with Crippen molar-refractivity contribution in [3.63, 3.8) is 0 Å². The second-order valence-corrected chi connectivity index (χ2v) is 22.8. The number of carbonyl (C=O) groups excluding carboxylic acids is 1. The summed E-state index contributed by atoms with van der Waals surface area (Å²) >= 11 is 0. The van der Waals surface area contributed by atoms with E-state index in [1.807, 2.05) is 20.8 Å². The summed E-state index contributed by atoms with van der Waals surface area (Å²) in [7, 11) is 0. The third-order valence-electron chi connectivity index (χ3n) is 18.6. The summed E-state index contributed by atoms with van der Waals surface area (Å²) in [6.07, 6.45) is -15.0. The van der Waals surface area contributed by atoms with Crippen LogP contribution in [0.1, 0.15) is 113 Å². The van der Waals surface area contributed by atoms with Crippen LogP contribution in [0.4, 0.5) is 0 Å². The monoisotopic (exact) mass is 945 g/mol. The fraction of sp³-hybridized carbons (Fsp3) is 0.938. The van der Waals surface area contributed by atoms with Crippen molar-refractivity contribution < 1.29 is 89.4 Å². The Morgan fingerprint density at radius 3 is 1.79 bits per heavy atom. The summed E-state index contributed by atoms with van der Waals surface area (Å²) in [5, 5.41) is 116. The number of rotatable bonds is 13. The summed E-state index contributed by atoms with van der Waals surface area (Å²) in [5.41, 5.74) is -1.39. The molecule has 66 heavy (non-hydrogen) atoms. The molecule has 0 radical (unpaired) electrons. The fourth-order valence-electron chi connectivity index (χ4n) is 14.5. The van der Waals surface area contributed by atoms with Crippen LogP contribution in [-0.4, -0.2) is 186 Å². The van der Waals surface area contributed by atoms with Crippen molar-refractivity contribution in [1.82, 2.24) is 0 Å². The summed E-state index contributed by atoms with van der Waals surface area (Å²) in [4.78, 5) is 15.2. The summed E-state index contributed by atoms with van der Waals surface area (Å²) < 4.78 is 36.5. The molecule has 0 unspecified atom stereocenters. The number of aliphatic hydroxyl groups is 11. The van der Waals surface area contributed by atoms with Crippen LogP contribution in [0.5, 0.6) is 0 Å². The molecule has 18 heteroatoms. The maximum atomic E-state index is 15.2. The highest BCUT2D eigenvalue weighted by molar-refractivity contribution is 5.84. The molecule has 0 spiro atoms. The van der Waals surface area contributed by atoms with Gasteiger partial charge < -0.3 is 84.6 Å². The van der Waals surface area contributed by atoms with Gasteiger partial charge in [0.05, 0.1) is 31.5 Å². The normalized spacial score (nSPS) is 51.3. The molecule has 0 aromatic heterocycles. The minimum Gasteiger partial charge on any atom is -0.394 e. The lowest BCUT2D eigenvalue weighted by Crippen LogP contribution is -2.67. The molecule has 0 bridgehead atoms. The molecule has 3 aliphatic heterocycles. The second-order valence-electron chi connectivity index (χ2n) is 22.8. The average Bonchev–Trinajstić information content (AvgIpc) is 3.65. The first kappa shape index (κ1) is 52.6. The molecule has 4 saturated carbocycles. The molecular weight excluding hydrogens is 865 g/mol. The van der Waals surface area contributed by atoms with Crippen LogP contribution < -0.4 is 0 Å². The minimum atomic E-state index is -1.74. The van der Waals surface area contributed by atoms with Gasteiger partial charge in [-0.1, -0.05) is 46.3 Å². The maximum Gasteiger partial charge on any atom is 0.187 e. The SMILES string of the molecule is CC(C)=CCC[C@](C)(O[C@@H]1O[C@H](CO[C@@H]2O[C@H](CO)[C@@H](O)[C@H](O)[C@H]2O)[C@@H](O)[C@H](O)[C@H]1O)[C@H]1CC[C@]2(C)[C@@H]1C(=O)C[C@@H]1[C@@]3(C)CC[C@H](O[C@@H]4O[C@H](CO)[C@@H](O)[C@H](O)[C@H]4O)C(C)(C)[C@@H]3CC[C@]12C. The first-order valence-corrected chi connectivity index (χ1v) is 24.2. The molecule has 0 aromatic carbocycles. The summed E-state index contributed by atoms with van der Waals surface area (Å²) in [5.74, 6) is -0.405. The van der Waals surface area contributed by atoms with Crippen LogP contribution in [0.25, 0.3) is 0 Å². The Balaban J connectivity index is 1.11. The third-order valence-corrected chi connectivity index (χ3v) is 18.6. The van der Waals surface area contributed by atoms with Gasteiger partial charge in [-0.15, -0.1) is 0 Å². The Morgan fingerprint density at radius 2 is 1.20 bits per heavy atom. The van der Waals surface area contributed by atoms with Gasteiger partial charge in [-0.25, -0.2) is 0 Å². The van der Waals surface area contributed by atoms with Gasteiger partial charge in [-0.2, -0.15) is 0 Å². The maximum absolute atomic E-state index is 15.2. The largest absolute Gasteiger partial charge is 0.394 e. The molecule has 18 nitrogen and oxygen atoms in total. The van der Waals surface area contributed by atoms with Gasteiger partial charge in [0.1, 0.15) is 79.0 Å². The van der Waals surface area contributed by atoms with Crippen molar-refractivity contribution in [2.45, 2.75) is 217 Å². The van der Waals surface area contributed by atoms with Gasteiger partial charge in [0, 0.05) is 12.3 Å². The van der Waals surface area contributed by atoms with Crippen molar-refractivity contribution in [2.75, 3.05) is 19.8 Å². The van der Waals surface area contributed by atoms with Gasteiger partial charge in [-0.05, 0) is 112 Å². The first-order valence-electron chi connectivity index (χ1n) is 24.2. The number of ether oxygens (including phenoxy) is 6. The zero-order chi connectivity index (χ0) is 48.6. The molecular formula is C48H80O18. The molecule has 7 fully saturated rings. The van der Waals surface area contributed by atoms with Crippen molar-refractivity contribution in [1.29, 1.82) is 0 Å². The van der Waals surface area contributed by atoms with Gasteiger partial charge >= 0.3 is 0 Å². The van der Waals surface area contributed by atoms with Gasteiger partial charge in [-0.3, -0.25) is 4.79 Å². The van der Waals surface area contributed by atoms with E-state index in [1.165, 1.54) is 0 Å². The number of hydrogen-bond acceptors (Lipinski definition) is 18. The van der Waals surface area contributed by atoms with E-state index in [9.17, 15) is 56.2 Å². The number of fused-ring (bicyclic) bond motifs is 5. The van der Waals surface area contributed by atoms with E-state index < -0.39 is 134 Å². The van der Waals surface area contributed by atoms with Gasteiger partial charge in [0.25, 0.3) is 0 Å². The van der Waals surface area contributed by atoms with Crippen LogP contribution in [0.3, 0.4) is 0 Å². The highest BCUT2D eigenvalue weighted by Gasteiger charge is 2.72. The lowest BCUT2D eigenvalue weighted by Gasteiger charge is -2.69. The van der Waals surface area contributed by atoms with Crippen LogP contribution in [0.2, 0.25) is 0 Å². The predicted molar refractivity (Wildman–Crippen MR) is 233 cm³/mol. The van der Waals surface area contributed by atoms with E-state index in [-0.39, 0.29) is 40.5 Å². The average molecular weight is 945 g/mol. The number of Topliss-reactive ketones (excluding diaryl/α,β-unsaturated/α-hetero) is 1. The summed E-state index contributed by atoms with van der Waals surface area (Å²) in [6.45, 7) is 15.5. The number of hydrogen-bond donors (Lipinski definition) is 11. The van der Waals surface area contributed by atoms with Crippen LogP contribution in [0.15, 0.2) is 11.6 Å². The number of allylic oxidation sites excluding steroid dienone is 2. The zero-order valence-electron chi connectivity index (χ0n) is 39.9. The molecule has 0 amide bonds. The van der Waals surface area contributed by atoms with Crippen molar-refractivity contribution in [2.24, 2.45) is 45.3 Å². The van der Waals surface area contributed by atoms with Gasteiger partial charge in [0.15, 0.2) is 18.9 Å². The number of carbonyl (C=O) groups is 1. The van der Waals surface area contributed by atoms with Gasteiger partial charge in [0.2, 0.25) is 0 Å². The first-order chi connectivity index (χ1) is 30.8.